The van der Waals surface area contributed by atoms with Crippen molar-refractivity contribution in [2.24, 2.45) is 5.92 Å². The lowest BCUT2D eigenvalue weighted by Crippen LogP contribution is -2.28. The maximum absolute atomic E-state index is 12.3. The van der Waals surface area contributed by atoms with E-state index in [0.29, 0.717) is 42.2 Å². The van der Waals surface area contributed by atoms with E-state index in [1.807, 2.05) is 18.2 Å². The number of ether oxygens (including phenoxy) is 2. The second-order valence-electron chi connectivity index (χ2n) is 6.88. The zero-order valence-corrected chi connectivity index (χ0v) is 14.6. The number of carbonyl (C=O) groups is 1. The van der Waals surface area contributed by atoms with Crippen molar-refractivity contribution in [1.82, 2.24) is 5.32 Å². The molecule has 0 spiro atoms. The molecule has 3 unspecified atom stereocenters. The maximum Gasteiger partial charge on any atom is 0.220 e. The highest BCUT2D eigenvalue weighted by Crippen LogP contribution is 2.56. The molecular weight excluding hydrogens is 314 g/mol. The molecule has 0 radical (unpaired) electrons. The molecule has 1 saturated carbocycles. The average Bonchev–Trinajstić information content (AvgIpc) is 3.15. The summed E-state index contributed by atoms with van der Waals surface area (Å²) in [6.07, 6.45) is 2.29. The third-order valence-corrected chi connectivity index (χ3v) is 5.45. The van der Waals surface area contributed by atoms with Gasteiger partial charge in [-0.05, 0) is 47.6 Å². The summed E-state index contributed by atoms with van der Waals surface area (Å²) in [4.78, 5) is 12.3. The van der Waals surface area contributed by atoms with Gasteiger partial charge in [0, 0.05) is 18.4 Å². The first kappa shape index (κ1) is 16.0. The van der Waals surface area contributed by atoms with Crippen LogP contribution in [0.1, 0.15) is 29.0 Å². The third-order valence-electron chi connectivity index (χ3n) is 5.45. The van der Waals surface area contributed by atoms with Crippen molar-refractivity contribution in [1.29, 1.82) is 0 Å². The first-order valence-corrected chi connectivity index (χ1v) is 8.79. The van der Waals surface area contributed by atoms with E-state index in [9.17, 15) is 4.79 Å². The van der Waals surface area contributed by atoms with Gasteiger partial charge in [-0.15, -0.1) is 0 Å². The summed E-state index contributed by atoms with van der Waals surface area (Å²) in [7, 11) is 3.24. The maximum atomic E-state index is 12.3. The zero-order chi connectivity index (χ0) is 17.4. The Morgan fingerprint density at radius 1 is 1.12 bits per heavy atom. The van der Waals surface area contributed by atoms with E-state index >= 15 is 0 Å². The summed E-state index contributed by atoms with van der Waals surface area (Å²) >= 11 is 0. The standard InChI is InChI=1S/C21H23NO3/c1-24-17-9-7-13(11-18(17)25-2)8-10-19(23)22-21-16-12-14-5-3-4-6-15(14)20(16)21/h3-7,9,11,16,20-21H,8,10,12H2,1-2H3,(H,22,23). The van der Waals surface area contributed by atoms with Crippen LogP contribution in [0.2, 0.25) is 0 Å². The first-order chi connectivity index (χ1) is 12.2. The molecule has 2 aliphatic carbocycles. The number of methoxy groups -OCH3 is 2. The molecule has 1 N–H and O–H groups in total. The van der Waals surface area contributed by atoms with Gasteiger partial charge in [-0.2, -0.15) is 0 Å². The van der Waals surface area contributed by atoms with E-state index in [4.69, 9.17) is 9.47 Å². The molecule has 2 aromatic rings. The number of nitrogens with one attached hydrogen (secondary N) is 1. The number of amides is 1. The van der Waals surface area contributed by atoms with E-state index in [1.54, 1.807) is 14.2 Å². The van der Waals surface area contributed by atoms with Gasteiger partial charge in [-0.25, -0.2) is 0 Å². The van der Waals surface area contributed by atoms with Crippen LogP contribution in [0.3, 0.4) is 0 Å². The van der Waals surface area contributed by atoms with Crippen LogP contribution in [0.15, 0.2) is 42.5 Å². The third kappa shape index (κ3) is 2.97. The molecule has 25 heavy (non-hydrogen) atoms. The second-order valence-corrected chi connectivity index (χ2v) is 6.88. The van der Waals surface area contributed by atoms with E-state index in [0.717, 1.165) is 12.0 Å². The van der Waals surface area contributed by atoms with Crippen molar-refractivity contribution < 1.29 is 14.3 Å². The number of hydrogen-bond donors (Lipinski definition) is 1. The molecule has 1 fully saturated rings. The molecule has 0 saturated heterocycles. The highest BCUT2D eigenvalue weighted by molar-refractivity contribution is 5.77. The Kier molecular flexibility index (Phi) is 4.12. The zero-order valence-electron chi connectivity index (χ0n) is 14.6. The van der Waals surface area contributed by atoms with Gasteiger partial charge < -0.3 is 14.8 Å². The normalized spacial score (nSPS) is 22.7. The fourth-order valence-corrected chi connectivity index (χ4v) is 4.10. The summed E-state index contributed by atoms with van der Waals surface area (Å²) in [5, 5.41) is 3.22. The molecule has 1 amide bonds. The molecule has 4 nitrogen and oxygen atoms in total. The molecule has 4 rings (SSSR count). The van der Waals surface area contributed by atoms with Crippen LogP contribution in [-0.2, 0) is 17.6 Å². The average molecular weight is 337 g/mol. The molecule has 2 aromatic carbocycles. The molecule has 0 heterocycles. The van der Waals surface area contributed by atoms with Gasteiger partial charge in [-0.1, -0.05) is 30.3 Å². The Morgan fingerprint density at radius 2 is 1.92 bits per heavy atom. The Labute approximate surface area is 148 Å². The van der Waals surface area contributed by atoms with Crippen LogP contribution in [0, 0.1) is 5.92 Å². The van der Waals surface area contributed by atoms with Crippen molar-refractivity contribution in [3.63, 3.8) is 0 Å². The first-order valence-electron chi connectivity index (χ1n) is 8.79. The van der Waals surface area contributed by atoms with Crippen molar-refractivity contribution in [3.05, 3.63) is 59.2 Å². The minimum absolute atomic E-state index is 0.131. The molecule has 4 heteroatoms. The molecule has 130 valence electrons. The fraction of sp³-hybridized carbons (Fsp3) is 0.381. The second kappa shape index (κ2) is 6.43. The van der Waals surface area contributed by atoms with Gasteiger partial charge in [0.15, 0.2) is 11.5 Å². The summed E-state index contributed by atoms with van der Waals surface area (Å²) in [6.45, 7) is 0. The quantitative estimate of drug-likeness (QED) is 0.881. The molecule has 0 bridgehead atoms. The Hall–Kier alpha value is -2.49. The van der Waals surface area contributed by atoms with Crippen LogP contribution in [0.5, 0.6) is 11.5 Å². The number of rotatable bonds is 6. The van der Waals surface area contributed by atoms with Gasteiger partial charge in [0.25, 0.3) is 0 Å². The lowest BCUT2D eigenvalue weighted by Gasteiger charge is -2.11. The van der Waals surface area contributed by atoms with Crippen molar-refractivity contribution in [3.8, 4) is 11.5 Å². The number of benzene rings is 2. The smallest absolute Gasteiger partial charge is 0.220 e. The predicted molar refractivity (Wildman–Crippen MR) is 96.2 cm³/mol. The molecule has 0 aliphatic heterocycles. The van der Waals surface area contributed by atoms with Crippen LogP contribution >= 0.6 is 0 Å². The Bertz CT molecular complexity index is 801. The highest BCUT2D eigenvalue weighted by Gasteiger charge is 2.56. The summed E-state index contributed by atoms with van der Waals surface area (Å²) in [6, 6.07) is 14.7. The lowest BCUT2D eigenvalue weighted by molar-refractivity contribution is -0.121. The van der Waals surface area contributed by atoms with Gasteiger partial charge in [-0.3, -0.25) is 4.79 Å². The molecule has 3 atom stereocenters. The van der Waals surface area contributed by atoms with Crippen LogP contribution < -0.4 is 14.8 Å². The Balaban J connectivity index is 1.31. The summed E-state index contributed by atoms with van der Waals surface area (Å²) in [5.41, 5.74) is 3.96. The SMILES string of the molecule is COc1ccc(CCC(=O)NC2C3Cc4ccccc4C32)cc1OC. The van der Waals surface area contributed by atoms with E-state index in [-0.39, 0.29) is 5.91 Å². The number of hydrogen-bond acceptors (Lipinski definition) is 3. The van der Waals surface area contributed by atoms with E-state index in [2.05, 4.69) is 29.6 Å². The number of carbonyl (C=O) groups excluding carboxylic acids is 1. The number of aryl methyl sites for hydroxylation is 1. The van der Waals surface area contributed by atoms with Crippen LogP contribution in [0.4, 0.5) is 0 Å². The molecule has 2 aliphatic rings. The van der Waals surface area contributed by atoms with E-state index < -0.39 is 0 Å². The van der Waals surface area contributed by atoms with Crippen molar-refractivity contribution in [2.45, 2.75) is 31.2 Å². The highest BCUT2D eigenvalue weighted by atomic mass is 16.5. The van der Waals surface area contributed by atoms with Crippen molar-refractivity contribution >= 4 is 5.91 Å². The van der Waals surface area contributed by atoms with Gasteiger partial charge in [0.1, 0.15) is 0 Å². The molecule has 0 aromatic heterocycles. The van der Waals surface area contributed by atoms with Crippen LogP contribution in [-0.4, -0.2) is 26.2 Å². The summed E-state index contributed by atoms with van der Waals surface area (Å²) in [5.74, 6) is 2.67. The largest absolute Gasteiger partial charge is 0.493 e. The lowest BCUT2D eigenvalue weighted by atomic mass is 10.0. The van der Waals surface area contributed by atoms with Gasteiger partial charge in [0.05, 0.1) is 14.2 Å². The minimum Gasteiger partial charge on any atom is -0.493 e. The fourth-order valence-electron chi connectivity index (χ4n) is 4.10. The Morgan fingerprint density at radius 3 is 2.72 bits per heavy atom. The molecular formula is C21H23NO3. The van der Waals surface area contributed by atoms with Crippen molar-refractivity contribution in [2.75, 3.05) is 14.2 Å². The predicted octanol–water partition coefficient (Wildman–Crippen LogP) is 3.09. The topological polar surface area (TPSA) is 47.6 Å². The van der Waals surface area contributed by atoms with Gasteiger partial charge in [0.2, 0.25) is 5.91 Å². The van der Waals surface area contributed by atoms with E-state index in [1.165, 1.54) is 11.1 Å². The number of fused-ring (bicyclic) bond motifs is 3. The minimum atomic E-state index is 0.131. The van der Waals surface area contributed by atoms with Gasteiger partial charge >= 0.3 is 0 Å². The summed E-state index contributed by atoms with van der Waals surface area (Å²) < 4.78 is 10.6. The monoisotopic (exact) mass is 337 g/mol. The van der Waals surface area contributed by atoms with Crippen LogP contribution in [0.25, 0.3) is 0 Å².